The van der Waals surface area contributed by atoms with Crippen LogP contribution in [0.4, 0.5) is 0 Å². The number of hydrogen-bond acceptors (Lipinski definition) is 4. The highest BCUT2D eigenvalue weighted by atomic mass is 16.5. The molecule has 0 radical (unpaired) electrons. The first-order valence-corrected chi connectivity index (χ1v) is 7.20. The van der Waals surface area contributed by atoms with Crippen LogP contribution in [0.3, 0.4) is 0 Å². The van der Waals surface area contributed by atoms with Crippen LogP contribution in [0, 0.1) is 6.92 Å². The Morgan fingerprint density at radius 2 is 2.00 bits per heavy atom. The van der Waals surface area contributed by atoms with Crippen molar-refractivity contribution in [2.24, 2.45) is 0 Å². The minimum absolute atomic E-state index is 0.00461. The molecule has 5 nitrogen and oxygen atoms in total. The molecule has 1 aromatic rings. The fourth-order valence-electron chi connectivity index (χ4n) is 1.91. The number of likely N-dealkylation sites (N-methyl/N-ethyl adjacent to an activating group) is 1. The van der Waals surface area contributed by atoms with Gasteiger partial charge in [-0.2, -0.15) is 0 Å². The van der Waals surface area contributed by atoms with Gasteiger partial charge in [0.2, 0.25) is 0 Å². The zero-order chi connectivity index (χ0) is 15.0. The number of hydrogen-bond donors (Lipinski definition) is 1. The van der Waals surface area contributed by atoms with Crippen LogP contribution in [0.15, 0.2) is 12.1 Å². The molecule has 0 fully saturated rings. The summed E-state index contributed by atoms with van der Waals surface area (Å²) in [7, 11) is 0. The van der Waals surface area contributed by atoms with E-state index >= 15 is 0 Å². The lowest BCUT2D eigenvalue weighted by Gasteiger charge is -2.19. The molecule has 0 spiro atoms. The lowest BCUT2D eigenvalue weighted by Crippen LogP contribution is -2.34. The predicted octanol–water partition coefficient (Wildman–Crippen LogP) is 1.75. The summed E-state index contributed by atoms with van der Waals surface area (Å²) in [6.07, 6.45) is 0. The molecule has 0 atom stereocenters. The van der Waals surface area contributed by atoms with E-state index in [9.17, 15) is 4.79 Å². The van der Waals surface area contributed by atoms with Crippen molar-refractivity contribution in [3.8, 4) is 5.75 Å². The van der Waals surface area contributed by atoms with Crippen LogP contribution in [0.5, 0.6) is 5.75 Å². The number of nitrogens with zero attached hydrogens (tertiary/aromatic N) is 2. The molecule has 1 rings (SSSR count). The fourth-order valence-corrected chi connectivity index (χ4v) is 1.91. The van der Waals surface area contributed by atoms with Gasteiger partial charge in [-0.1, -0.05) is 6.92 Å². The molecule has 1 N–H and O–H groups in total. The van der Waals surface area contributed by atoms with Gasteiger partial charge in [0.25, 0.3) is 5.91 Å². The largest absolute Gasteiger partial charge is 0.482 e. The van der Waals surface area contributed by atoms with Crippen LogP contribution in [-0.2, 0) is 11.3 Å². The van der Waals surface area contributed by atoms with E-state index < -0.39 is 0 Å². The van der Waals surface area contributed by atoms with Gasteiger partial charge in [0, 0.05) is 25.3 Å². The Labute approximate surface area is 121 Å². The van der Waals surface area contributed by atoms with Gasteiger partial charge >= 0.3 is 0 Å². The van der Waals surface area contributed by atoms with E-state index in [0.29, 0.717) is 25.4 Å². The molecule has 20 heavy (non-hydrogen) atoms. The first kappa shape index (κ1) is 16.4. The second-order valence-corrected chi connectivity index (χ2v) is 4.53. The quantitative estimate of drug-likeness (QED) is 0.787. The number of aromatic nitrogens is 1. The Morgan fingerprint density at radius 1 is 1.30 bits per heavy atom. The molecule has 112 valence electrons. The fraction of sp³-hybridized carbons (Fsp3) is 0.600. The van der Waals surface area contributed by atoms with Crippen LogP contribution in [-0.4, -0.2) is 42.0 Å². The third-order valence-electron chi connectivity index (χ3n) is 3.08. The van der Waals surface area contributed by atoms with Crippen LogP contribution < -0.4 is 10.1 Å². The second kappa shape index (κ2) is 8.53. The summed E-state index contributed by atoms with van der Waals surface area (Å²) in [5, 5.41) is 3.23. The number of carbonyl (C=O) groups is 1. The maximum atomic E-state index is 11.9. The zero-order valence-electron chi connectivity index (χ0n) is 12.9. The number of ether oxygens (including phenoxy) is 1. The summed E-state index contributed by atoms with van der Waals surface area (Å²) < 4.78 is 5.64. The van der Waals surface area contributed by atoms with E-state index in [4.69, 9.17) is 4.74 Å². The average molecular weight is 279 g/mol. The summed E-state index contributed by atoms with van der Waals surface area (Å²) in [6, 6.07) is 3.77. The molecule has 0 aliphatic rings. The molecule has 1 heterocycles. The smallest absolute Gasteiger partial charge is 0.260 e. The highest BCUT2D eigenvalue weighted by molar-refractivity contribution is 5.77. The van der Waals surface area contributed by atoms with Crippen LogP contribution in [0.1, 0.15) is 32.2 Å². The highest BCUT2D eigenvalue weighted by Crippen LogP contribution is 2.17. The molecule has 0 aromatic carbocycles. The molecular weight excluding hydrogens is 254 g/mol. The standard InChI is InChI=1S/C15H25N3O2/c1-5-16-10-13-14(9-8-12(4)17-13)20-11-15(19)18(6-2)7-3/h8-9,16H,5-7,10-11H2,1-4H3. The van der Waals surface area contributed by atoms with Gasteiger partial charge in [-0.15, -0.1) is 0 Å². The molecule has 1 aromatic heterocycles. The van der Waals surface area contributed by atoms with E-state index in [1.54, 1.807) is 4.90 Å². The number of carbonyl (C=O) groups excluding carboxylic acids is 1. The Kier molecular flexibility index (Phi) is 7.01. The molecule has 5 heteroatoms. The summed E-state index contributed by atoms with van der Waals surface area (Å²) in [4.78, 5) is 18.2. The SMILES string of the molecule is CCNCc1nc(C)ccc1OCC(=O)N(CC)CC. The monoisotopic (exact) mass is 279 g/mol. The molecule has 0 aliphatic heterocycles. The van der Waals surface area contributed by atoms with Gasteiger partial charge in [0.15, 0.2) is 6.61 Å². The number of aryl methyl sites for hydroxylation is 1. The zero-order valence-corrected chi connectivity index (χ0v) is 12.9. The molecule has 0 unspecified atom stereocenters. The average Bonchev–Trinajstić information content (AvgIpc) is 2.45. The van der Waals surface area contributed by atoms with Gasteiger partial charge in [-0.3, -0.25) is 9.78 Å². The minimum Gasteiger partial charge on any atom is -0.482 e. The Hall–Kier alpha value is -1.62. The summed E-state index contributed by atoms with van der Waals surface area (Å²) in [6.45, 7) is 10.9. The topological polar surface area (TPSA) is 54.5 Å². The van der Waals surface area contributed by atoms with Crippen molar-refractivity contribution in [3.63, 3.8) is 0 Å². The maximum Gasteiger partial charge on any atom is 0.260 e. The summed E-state index contributed by atoms with van der Waals surface area (Å²) in [5.74, 6) is 0.682. The third kappa shape index (κ3) is 4.81. The second-order valence-electron chi connectivity index (χ2n) is 4.53. The van der Waals surface area contributed by atoms with Crippen molar-refractivity contribution in [2.75, 3.05) is 26.2 Å². The number of rotatable bonds is 8. The van der Waals surface area contributed by atoms with E-state index in [1.165, 1.54) is 0 Å². The molecule has 0 saturated carbocycles. The normalized spacial score (nSPS) is 10.4. The highest BCUT2D eigenvalue weighted by Gasteiger charge is 2.12. The van der Waals surface area contributed by atoms with Gasteiger partial charge in [-0.25, -0.2) is 0 Å². The molecule has 1 amide bonds. The number of pyridine rings is 1. The van der Waals surface area contributed by atoms with Gasteiger partial charge in [0.1, 0.15) is 5.75 Å². The van der Waals surface area contributed by atoms with Crippen LogP contribution in [0.2, 0.25) is 0 Å². The van der Waals surface area contributed by atoms with Crippen LogP contribution in [0.25, 0.3) is 0 Å². The Bertz CT molecular complexity index is 431. The van der Waals surface area contributed by atoms with Crippen molar-refractivity contribution < 1.29 is 9.53 Å². The first-order valence-electron chi connectivity index (χ1n) is 7.20. The number of nitrogens with one attached hydrogen (secondary N) is 1. The van der Waals surface area contributed by atoms with E-state index in [1.807, 2.05) is 39.8 Å². The van der Waals surface area contributed by atoms with E-state index in [2.05, 4.69) is 10.3 Å². The van der Waals surface area contributed by atoms with Crippen molar-refractivity contribution in [3.05, 3.63) is 23.5 Å². The van der Waals surface area contributed by atoms with Crippen molar-refractivity contribution in [1.29, 1.82) is 0 Å². The summed E-state index contributed by atoms with van der Waals surface area (Å²) in [5.41, 5.74) is 1.79. The van der Waals surface area contributed by atoms with Crippen LogP contribution >= 0.6 is 0 Å². The maximum absolute atomic E-state index is 11.9. The molecular formula is C15H25N3O2. The van der Waals surface area contributed by atoms with Gasteiger partial charge < -0.3 is 15.0 Å². The van der Waals surface area contributed by atoms with Crippen molar-refractivity contribution in [2.45, 2.75) is 34.2 Å². The lowest BCUT2D eigenvalue weighted by molar-refractivity contribution is -0.132. The lowest BCUT2D eigenvalue weighted by atomic mass is 10.3. The van der Waals surface area contributed by atoms with E-state index in [-0.39, 0.29) is 12.5 Å². The third-order valence-corrected chi connectivity index (χ3v) is 3.08. The Morgan fingerprint density at radius 3 is 2.60 bits per heavy atom. The molecule has 0 saturated heterocycles. The number of amides is 1. The predicted molar refractivity (Wildman–Crippen MR) is 79.8 cm³/mol. The van der Waals surface area contributed by atoms with Gasteiger partial charge in [0.05, 0.1) is 5.69 Å². The molecule has 0 aliphatic carbocycles. The molecule has 0 bridgehead atoms. The van der Waals surface area contributed by atoms with Crippen molar-refractivity contribution >= 4 is 5.91 Å². The Balaban J connectivity index is 2.69. The van der Waals surface area contributed by atoms with Crippen molar-refractivity contribution in [1.82, 2.24) is 15.2 Å². The van der Waals surface area contributed by atoms with E-state index in [0.717, 1.165) is 17.9 Å². The minimum atomic E-state index is 0.00461. The summed E-state index contributed by atoms with van der Waals surface area (Å²) >= 11 is 0. The first-order chi connectivity index (χ1) is 9.62. The van der Waals surface area contributed by atoms with Gasteiger partial charge in [-0.05, 0) is 39.4 Å².